The minimum Gasteiger partial charge on any atom is -0.390 e. The molecule has 0 fully saturated rings. The van der Waals surface area contributed by atoms with E-state index in [4.69, 9.17) is 11.6 Å². The fraction of sp³-hybridized carbons (Fsp3) is 0.385. The lowest BCUT2D eigenvalue weighted by Crippen LogP contribution is -2.22. The smallest absolute Gasteiger partial charge is 0.191 e. The molecule has 0 amide bonds. The largest absolute Gasteiger partial charge is 0.390 e. The van der Waals surface area contributed by atoms with Gasteiger partial charge in [0.05, 0.1) is 5.60 Å². The third-order valence-electron chi connectivity index (χ3n) is 2.49. The van der Waals surface area contributed by atoms with E-state index in [-0.39, 0.29) is 0 Å². The molecule has 2 aromatic rings. The van der Waals surface area contributed by atoms with Crippen LogP contribution < -0.4 is 0 Å². The number of hydrogen-bond acceptors (Lipinski definition) is 4. The molecule has 0 atom stereocenters. The maximum Gasteiger partial charge on any atom is 0.191 e. The highest BCUT2D eigenvalue weighted by Gasteiger charge is 2.17. The maximum absolute atomic E-state index is 9.73. The number of nitrogens with zero attached hydrogens (tertiary/aromatic N) is 3. The van der Waals surface area contributed by atoms with Gasteiger partial charge in [-0.15, -0.1) is 10.2 Å². The van der Waals surface area contributed by atoms with Gasteiger partial charge in [0, 0.05) is 23.4 Å². The van der Waals surface area contributed by atoms with Gasteiger partial charge >= 0.3 is 0 Å². The quantitative estimate of drug-likeness (QED) is 0.882. The van der Waals surface area contributed by atoms with Crippen LogP contribution in [0.4, 0.5) is 0 Å². The Morgan fingerprint density at radius 3 is 2.47 bits per heavy atom. The number of aliphatic hydroxyl groups is 1. The van der Waals surface area contributed by atoms with E-state index in [0.29, 0.717) is 10.8 Å². The molecule has 0 unspecified atom stereocenters. The molecule has 1 heterocycles. The molecule has 2 rings (SSSR count). The second-order valence-electron chi connectivity index (χ2n) is 4.97. The van der Waals surface area contributed by atoms with Crippen LogP contribution in [0, 0.1) is 0 Å². The van der Waals surface area contributed by atoms with Gasteiger partial charge in [-0.25, -0.2) is 0 Å². The second-order valence-corrected chi connectivity index (χ2v) is 6.35. The first kappa shape index (κ1) is 14.4. The summed E-state index contributed by atoms with van der Waals surface area (Å²) in [5.74, 6) is 1.36. The lowest BCUT2D eigenvalue weighted by Gasteiger charge is -2.15. The van der Waals surface area contributed by atoms with Crippen molar-refractivity contribution < 1.29 is 5.11 Å². The molecule has 0 aliphatic heterocycles. The summed E-state index contributed by atoms with van der Waals surface area (Å²) in [6.45, 7) is 3.55. The Morgan fingerprint density at radius 2 is 1.89 bits per heavy atom. The molecule has 6 heteroatoms. The van der Waals surface area contributed by atoms with Crippen molar-refractivity contribution in [1.29, 1.82) is 0 Å². The van der Waals surface area contributed by atoms with E-state index in [1.165, 1.54) is 11.8 Å². The summed E-state index contributed by atoms with van der Waals surface area (Å²) in [6.07, 6.45) is 0. The molecule has 0 radical (unpaired) electrons. The van der Waals surface area contributed by atoms with Crippen LogP contribution in [0.5, 0.6) is 0 Å². The van der Waals surface area contributed by atoms with Crippen LogP contribution in [0.3, 0.4) is 0 Å². The van der Waals surface area contributed by atoms with Crippen LogP contribution in [0.2, 0.25) is 5.02 Å². The van der Waals surface area contributed by atoms with Gasteiger partial charge in [-0.1, -0.05) is 23.4 Å². The molecular weight excluding hydrogens is 282 g/mol. The number of benzene rings is 1. The zero-order valence-corrected chi connectivity index (χ0v) is 12.7. The molecule has 0 saturated heterocycles. The van der Waals surface area contributed by atoms with E-state index in [0.717, 1.165) is 16.5 Å². The summed E-state index contributed by atoms with van der Waals surface area (Å²) >= 11 is 7.36. The number of thioether (sulfide) groups is 1. The van der Waals surface area contributed by atoms with Crippen LogP contribution in [0.15, 0.2) is 29.4 Å². The standard InChI is InChI=1S/C13H16ClN3OS/c1-13(2,18)8-19-12-16-15-11(17(12)3)9-4-6-10(14)7-5-9/h4-7,18H,8H2,1-3H3. The third-order valence-corrected chi connectivity index (χ3v) is 4.21. The van der Waals surface area contributed by atoms with Gasteiger partial charge in [-0.2, -0.15) is 0 Å². The van der Waals surface area contributed by atoms with Crippen LogP contribution in [0.25, 0.3) is 11.4 Å². The van der Waals surface area contributed by atoms with Gasteiger partial charge in [-0.05, 0) is 38.1 Å². The predicted octanol–water partition coefficient (Wildman–Crippen LogP) is 3.00. The molecule has 4 nitrogen and oxygen atoms in total. The van der Waals surface area contributed by atoms with Crippen LogP contribution in [-0.4, -0.2) is 31.2 Å². The summed E-state index contributed by atoms with van der Waals surface area (Å²) in [6, 6.07) is 7.48. The summed E-state index contributed by atoms with van der Waals surface area (Å²) in [7, 11) is 1.91. The highest BCUT2D eigenvalue weighted by atomic mass is 35.5. The number of aromatic nitrogens is 3. The van der Waals surface area contributed by atoms with Gasteiger partial charge in [-0.3, -0.25) is 0 Å². The Morgan fingerprint density at radius 1 is 1.26 bits per heavy atom. The monoisotopic (exact) mass is 297 g/mol. The molecule has 0 spiro atoms. The Hall–Kier alpha value is -1.04. The lowest BCUT2D eigenvalue weighted by atomic mass is 10.2. The molecular formula is C13H16ClN3OS. The molecule has 0 saturated carbocycles. The Balaban J connectivity index is 2.20. The molecule has 1 aromatic heterocycles. The maximum atomic E-state index is 9.73. The zero-order valence-electron chi connectivity index (χ0n) is 11.1. The topological polar surface area (TPSA) is 50.9 Å². The fourth-order valence-corrected chi connectivity index (χ4v) is 2.52. The molecule has 1 N–H and O–H groups in total. The Bertz CT molecular complexity index is 560. The predicted molar refractivity (Wildman–Crippen MR) is 78.5 cm³/mol. The Labute approximate surface area is 121 Å². The van der Waals surface area contributed by atoms with Crippen molar-refractivity contribution in [3.05, 3.63) is 29.3 Å². The van der Waals surface area contributed by atoms with E-state index in [2.05, 4.69) is 10.2 Å². The average molecular weight is 298 g/mol. The SMILES string of the molecule is Cn1c(SCC(C)(C)O)nnc1-c1ccc(Cl)cc1. The van der Waals surface area contributed by atoms with Gasteiger partial charge in [0.15, 0.2) is 11.0 Å². The highest BCUT2D eigenvalue weighted by Crippen LogP contribution is 2.25. The molecule has 19 heavy (non-hydrogen) atoms. The molecule has 0 aliphatic rings. The van der Waals surface area contributed by atoms with Crippen LogP contribution >= 0.6 is 23.4 Å². The van der Waals surface area contributed by atoms with Gasteiger partial charge in [0.1, 0.15) is 0 Å². The van der Waals surface area contributed by atoms with E-state index >= 15 is 0 Å². The van der Waals surface area contributed by atoms with Crippen molar-refractivity contribution in [3.8, 4) is 11.4 Å². The van der Waals surface area contributed by atoms with E-state index in [9.17, 15) is 5.11 Å². The molecule has 0 bridgehead atoms. The van der Waals surface area contributed by atoms with E-state index in [1.807, 2.05) is 35.9 Å². The first-order chi connectivity index (χ1) is 8.87. The van der Waals surface area contributed by atoms with Crippen molar-refractivity contribution in [2.45, 2.75) is 24.6 Å². The average Bonchev–Trinajstić information content (AvgIpc) is 2.68. The minimum atomic E-state index is -0.725. The minimum absolute atomic E-state index is 0.569. The van der Waals surface area contributed by atoms with E-state index < -0.39 is 5.60 Å². The lowest BCUT2D eigenvalue weighted by molar-refractivity contribution is 0.107. The third kappa shape index (κ3) is 3.72. The van der Waals surface area contributed by atoms with Gasteiger partial charge in [0.25, 0.3) is 0 Å². The van der Waals surface area contributed by atoms with E-state index in [1.54, 1.807) is 13.8 Å². The number of hydrogen-bond donors (Lipinski definition) is 1. The molecule has 0 aliphatic carbocycles. The first-order valence-electron chi connectivity index (χ1n) is 5.87. The number of rotatable bonds is 4. The Kier molecular flexibility index (Phi) is 4.18. The van der Waals surface area contributed by atoms with Crippen LogP contribution in [-0.2, 0) is 7.05 Å². The highest BCUT2D eigenvalue weighted by molar-refractivity contribution is 7.99. The summed E-state index contributed by atoms with van der Waals surface area (Å²) in [5, 5.41) is 19.5. The number of halogens is 1. The van der Waals surface area contributed by atoms with Crippen molar-refractivity contribution in [2.24, 2.45) is 7.05 Å². The van der Waals surface area contributed by atoms with Crippen molar-refractivity contribution in [3.63, 3.8) is 0 Å². The summed E-state index contributed by atoms with van der Waals surface area (Å²) in [5.41, 5.74) is 0.242. The second kappa shape index (κ2) is 5.53. The first-order valence-corrected chi connectivity index (χ1v) is 7.24. The van der Waals surface area contributed by atoms with Crippen LogP contribution in [0.1, 0.15) is 13.8 Å². The molecule has 102 valence electrons. The fourth-order valence-electron chi connectivity index (χ4n) is 1.53. The van der Waals surface area contributed by atoms with Gasteiger partial charge < -0.3 is 9.67 Å². The van der Waals surface area contributed by atoms with Crippen molar-refractivity contribution >= 4 is 23.4 Å². The summed E-state index contributed by atoms with van der Waals surface area (Å²) < 4.78 is 1.92. The van der Waals surface area contributed by atoms with Crippen molar-refractivity contribution in [2.75, 3.05) is 5.75 Å². The molecule has 1 aromatic carbocycles. The zero-order chi connectivity index (χ0) is 14.0. The van der Waals surface area contributed by atoms with Gasteiger partial charge in [0.2, 0.25) is 0 Å². The summed E-state index contributed by atoms with van der Waals surface area (Å²) in [4.78, 5) is 0. The normalized spacial score (nSPS) is 11.8. The van der Waals surface area contributed by atoms with Crippen molar-refractivity contribution in [1.82, 2.24) is 14.8 Å².